The Hall–Kier alpha value is -1.84. The Kier molecular flexibility index (Phi) is 3.88. The van der Waals surface area contributed by atoms with Crippen LogP contribution in [0.2, 0.25) is 0 Å². The summed E-state index contributed by atoms with van der Waals surface area (Å²) in [5.41, 5.74) is 0. The summed E-state index contributed by atoms with van der Waals surface area (Å²) in [5.74, 6) is 1.94. The third-order valence-corrected chi connectivity index (χ3v) is 4.91. The molecule has 100 valence electrons. The van der Waals surface area contributed by atoms with E-state index in [0.29, 0.717) is 13.0 Å². The first-order chi connectivity index (χ1) is 9.07. The van der Waals surface area contributed by atoms with Crippen LogP contribution in [0.4, 0.5) is 0 Å². The van der Waals surface area contributed by atoms with Crippen molar-refractivity contribution in [3.8, 4) is 12.3 Å². The van der Waals surface area contributed by atoms with Gasteiger partial charge in [-0.05, 0) is 18.6 Å². The second-order valence-electron chi connectivity index (χ2n) is 4.16. The molecule has 1 aromatic carbocycles. The molecule has 1 unspecified atom stereocenters. The average molecular weight is 278 g/mol. The summed E-state index contributed by atoms with van der Waals surface area (Å²) in [4.78, 5) is 12.0. The van der Waals surface area contributed by atoms with Crippen LogP contribution >= 0.6 is 0 Å². The number of nitrogens with zero attached hydrogens (tertiary/aromatic N) is 1. The molecule has 1 amide bonds. The predicted octanol–water partition coefficient (Wildman–Crippen LogP) is 0.199. The Bertz CT molecular complexity index is 605. The maximum Gasteiger partial charge on any atom is 0.243 e. The Labute approximate surface area is 112 Å². The largest absolute Gasteiger partial charge is 0.344 e. The molecule has 1 aromatic rings. The van der Waals surface area contributed by atoms with Gasteiger partial charge in [-0.25, -0.2) is 8.42 Å². The molecule has 1 aliphatic heterocycles. The smallest absolute Gasteiger partial charge is 0.243 e. The first-order valence-corrected chi connectivity index (χ1v) is 7.29. The van der Waals surface area contributed by atoms with Crippen LogP contribution in [-0.2, 0) is 14.8 Å². The van der Waals surface area contributed by atoms with Crippen molar-refractivity contribution in [1.29, 1.82) is 0 Å². The van der Waals surface area contributed by atoms with E-state index in [1.807, 2.05) is 0 Å². The van der Waals surface area contributed by atoms with Gasteiger partial charge in [-0.15, -0.1) is 6.42 Å². The number of nitrogens with one attached hydrogen (secondary N) is 1. The van der Waals surface area contributed by atoms with Gasteiger partial charge >= 0.3 is 0 Å². The Balaban J connectivity index is 2.15. The zero-order valence-corrected chi connectivity index (χ0v) is 11.1. The second-order valence-corrected chi connectivity index (χ2v) is 6.05. The van der Waals surface area contributed by atoms with Crippen molar-refractivity contribution >= 4 is 15.9 Å². The number of amides is 1. The first kappa shape index (κ1) is 13.6. The van der Waals surface area contributed by atoms with Crippen LogP contribution in [-0.4, -0.2) is 37.8 Å². The highest BCUT2D eigenvalue weighted by Gasteiger charge is 2.42. The molecule has 1 aliphatic rings. The monoisotopic (exact) mass is 278 g/mol. The minimum Gasteiger partial charge on any atom is -0.344 e. The van der Waals surface area contributed by atoms with Crippen molar-refractivity contribution in [3.63, 3.8) is 0 Å². The van der Waals surface area contributed by atoms with Crippen LogP contribution in [0, 0.1) is 12.3 Å². The second kappa shape index (κ2) is 5.43. The van der Waals surface area contributed by atoms with Gasteiger partial charge < -0.3 is 5.32 Å². The van der Waals surface area contributed by atoms with E-state index in [0.717, 1.165) is 0 Å². The number of rotatable bonds is 4. The number of terminal acetylenes is 1. The molecular formula is C13H14N2O3S. The minimum atomic E-state index is -3.60. The molecule has 6 heteroatoms. The van der Waals surface area contributed by atoms with Crippen molar-refractivity contribution in [2.24, 2.45) is 0 Å². The summed E-state index contributed by atoms with van der Waals surface area (Å²) in [5, 5.41) is 2.51. The van der Waals surface area contributed by atoms with Gasteiger partial charge in [-0.2, -0.15) is 4.31 Å². The quantitative estimate of drug-likeness (QED) is 0.800. The molecule has 0 saturated carbocycles. The Morgan fingerprint density at radius 2 is 2.11 bits per heavy atom. The lowest BCUT2D eigenvalue weighted by Crippen LogP contribution is -2.58. The van der Waals surface area contributed by atoms with Gasteiger partial charge in [0, 0.05) is 6.54 Å². The minimum absolute atomic E-state index is 0.106. The molecule has 1 heterocycles. The molecule has 1 saturated heterocycles. The third-order valence-electron chi connectivity index (χ3n) is 2.99. The molecular weight excluding hydrogens is 264 g/mol. The molecule has 1 fully saturated rings. The van der Waals surface area contributed by atoms with Crippen LogP contribution in [0.5, 0.6) is 0 Å². The highest BCUT2D eigenvalue weighted by Crippen LogP contribution is 2.26. The zero-order valence-electron chi connectivity index (χ0n) is 10.2. The van der Waals surface area contributed by atoms with Crippen LogP contribution in [0.15, 0.2) is 35.2 Å². The molecule has 5 nitrogen and oxygen atoms in total. The number of carbonyl (C=O) groups excluding carboxylic acids is 1. The summed E-state index contributed by atoms with van der Waals surface area (Å²) in [6.07, 6.45) is 5.57. The fraction of sp³-hybridized carbons (Fsp3) is 0.308. The van der Waals surface area contributed by atoms with Crippen molar-refractivity contribution < 1.29 is 13.2 Å². The molecule has 0 aromatic heterocycles. The number of sulfonamides is 1. The SMILES string of the molecule is C#CCNC(=O)C1CCN1S(=O)(=O)c1ccccc1. The van der Waals surface area contributed by atoms with Gasteiger partial charge in [0.15, 0.2) is 0 Å². The highest BCUT2D eigenvalue weighted by atomic mass is 32.2. The predicted molar refractivity (Wildman–Crippen MR) is 70.6 cm³/mol. The van der Waals surface area contributed by atoms with Crippen molar-refractivity contribution in [2.75, 3.05) is 13.1 Å². The normalized spacial score (nSPS) is 19.2. The van der Waals surface area contributed by atoms with Gasteiger partial charge in [0.2, 0.25) is 15.9 Å². The van der Waals surface area contributed by atoms with Crippen molar-refractivity contribution in [1.82, 2.24) is 9.62 Å². The van der Waals surface area contributed by atoms with E-state index in [1.54, 1.807) is 18.2 Å². The fourth-order valence-electron chi connectivity index (χ4n) is 1.90. The third kappa shape index (κ3) is 2.62. The van der Waals surface area contributed by atoms with Gasteiger partial charge in [-0.1, -0.05) is 24.1 Å². The van der Waals surface area contributed by atoms with Gasteiger partial charge in [0.05, 0.1) is 11.4 Å². The number of carbonyl (C=O) groups is 1. The Morgan fingerprint density at radius 1 is 1.42 bits per heavy atom. The van der Waals surface area contributed by atoms with Crippen molar-refractivity contribution in [2.45, 2.75) is 17.4 Å². The lowest BCUT2D eigenvalue weighted by molar-refractivity contribution is -0.127. The van der Waals surface area contributed by atoms with E-state index in [2.05, 4.69) is 11.2 Å². The lowest BCUT2D eigenvalue weighted by atomic mass is 10.1. The molecule has 0 radical (unpaired) electrons. The molecule has 1 N–H and O–H groups in total. The van der Waals surface area contributed by atoms with Gasteiger partial charge in [-0.3, -0.25) is 4.79 Å². The lowest BCUT2D eigenvalue weighted by Gasteiger charge is -2.38. The van der Waals surface area contributed by atoms with Crippen LogP contribution in [0.3, 0.4) is 0 Å². The van der Waals surface area contributed by atoms with Gasteiger partial charge in [0.1, 0.15) is 6.04 Å². The number of hydrogen-bond donors (Lipinski definition) is 1. The fourth-order valence-corrected chi connectivity index (χ4v) is 3.55. The summed E-state index contributed by atoms with van der Waals surface area (Å²) in [7, 11) is -3.60. The molecule has 19 heavy (non-hydrogen) atoms. The zero-order chi connectivity index (χ0) is 13.9. The molecule has 0 aliphatic carbocycles. The standard InChI is InChI=1S/C13H14N2O3S/c1-2-9-14-13(16)12-8-10-15(12)19(17,18)11-6-4-3-5-7-11/h1,3-7,12H,8-10H2,(H,14,16). The summed E-state index contributed by atoms with van der Waals surface area (Å²) >= 11 is 0. The van der Waals surface area contributed by atoms with Crippen LogP contribution < -0.4 is 5.32 Å². The maximum atomic E-state index is 12.3. The molecule has 2 rings (SSSR count). The van der Waals surface area contributed by atoms with Crippen molar-refractivity contribution in [3.05, 3.63) is 30.3 Å². The number of hydrogen-bond acceptors (Lipinski definition) is 3. The molecule has 0 spiro atoms. The van der Waals surface area contributed by atoms with Crippen LogP contribution in [0.25, 0.3) is 0 Å². The summed E-state index contributed by atoms with van der Waals surface area (Å²) in [6.45, 7) is 0.458. The first-order valence-electron chi connectivity index (χ1n) is 5.85. The van der Waals surface area contributed by atoms with E-state index in [4.69, 9.17) is 6.42 Å². The van der Waals surface area contributed by atoms with E-state index in [9.17, 15) is 13.2 Å². The van der Waals surface area contributed by atoms with E-state index < -0.39 is 16.1 Å². The highest BCUT2D eigenvalue weighted by molar-refractivity contribution is 7.89. The van der Waals surface area contributed by atoms with E-state index >= 15 is 0 Å². The molecule has 0 bridgehead atoms. The Morgan fingerprint density at radius 3 is 2.63 bits per heavy atom. The summed E-state index contributed by atoms with van der Waals surface area (Å²) < 4.78 is 25.8. The topological polar surface area (TPSA) is 66.5 Å². The van der Waals surface area contributed by atoms with Gasteiger partial charge in [0.25, 0.3) is 0 Å². The van der Waals surface area contributed by atoms with E-state index in [1.165, 1.54) is 16.4 Å². The van der Waals surface area contributed by atoms with E-state index in [-0.39, 0.29) is 17.3 Å². The summed E-state index contributed by atoms with van der Waals surface area (Å²) in [6, 6.07) is 7.43. The van der Waals surface area contributed by atoms with Crippen LogP contribution in [0.1, 0.15) is 6.42 Å². The molecule has 1 atom stereocenters. The maximum absolute atomic E-state index is 12.3. The average Bonchev–Trinajstić information content (AvgIpc) is 2.35. The number of benzene rings is 1.